The van der Waals surface area contributed by atoms with Crippen molar-refractivity contribution in [2.24, 2.45) is 0 Å². The number of hydrogen-bond donors (Lipinski definition) is 3. The van der Waals surface area contributed by atoms with Gasteiger partial charge in [-0.3, -0.25) is 14.4 Å². The summed E-state index contributed by atoms with van der Waals surface area (Å²) in [5.41, 5.74) is 0. The molecule has 0 saturated heterocycles. The molecule has 0 saturated carbocycles. The lowest BCUT2D eigenvalue weighted by atomic mass is 10.1. The van der Waals surface area contributed by atoms with Gasteiger partial charge in [0.2, 0.25) is 17.7 Å². The third kappa shape index (κ3) is 18.4. The van der Waals surface area contributed by atoms with Crippen molar-refractivity contribution in [3.05, 3.63) is 0 Å². The van der Waals surface area contributed by atoms with Gasteiger partial charge in [-0.1, -0.05) is 40.0 Å². The Labute approximate surface area is 182 Å². The Hall–Kier alpha value is -1.67. The molecule has 0 aliphatic rings. The Morgan fingerprint density at radius 1 is 0.667 bits per heavy atom. The highest BCUT2D eigenvalue weighted by Gasteiger charge is 2.14. The van der Waals surface area contributed by atoms with Crippen LogP contribution in [0.5, 0.6) is 0 Å². The lowest BCUT2D eigenvalue weighted by Crippen LogP contribution is -2.42. The lowest BCUT2D eigenvalue weighted by molar-refractivity contribution is -0.125. The van der Waals surface area contributed by atoms with Gasteiger partial charge in [0.05, 0.1) is 32.5 Å². The van der Waals surface area contributed by atoms with Crippen LogP contribution in [0.4, 0.5) is 0 Å². The molecular weight excluding hydrogens is 386 g/mol. The molecule has 30 heavy (non-hydrogen) atoms. The molecule has 0 aliphatic heterocycles. The highest BCUT2D eigenvalue weighted by Crippen LogP contribution is 2.03. The van der Waals surface area contributed by atoms with Gasteiger partial charge in [0.25, 0.3) is 0 Å². The van der Waals surface area contributed by atoms with E-state index in [1.807, 2.05) is 13.8 Å². The minimum atomic E-state index is -0.305. The summed E-state index contributed by atoms with van der Waals surface area (Å²) in [5, 5.41) is 8.55. The minimum Gasteiger partial charge on any atom is -0.379 e. The first-order chi connectivity index (χ1) is 14.5. The van der Waals surface area contributed by atoms with E-state index in [2.05, 4.69) is 22.9 Å². The average Bonchev–Trinajstić information content (AvgIpc) is 2.73. The highest BCUT2D eigenvalue weighted by atomic mass is 16.5. The van der Waals surface area contributed by atoms with Gasteiger partial charge >= 0.3 is 0 Å². The summed E-state index contributed by atoms with van der Waals surface area (Å²) in [6, 6.07) is -0.305. The number of hydrogen-bond acceptors (Lipinski definition) is 5. The summed E-state index contributed by atoms with van der Waals surface area (Å²) in [5.74, 6) is -0.102. The Morgan fingerprint density at radius 2 is 1.20 bits per heavy atom. The van der Waals surface area contributed by atoms with Gasteiger partial charge in [0.15, 0.2) is 0 Å². The second-order valence-corrected chi connectivity index (χ2v) is 7.42. The van der Waals surface area contributed by atoms with Crippen molar-refractivity contribution in [2.75, 3.05) is 39.5 Å². The van der Waals surface area contributed by atoms with Gasteiger partial charge in [-0.2, -0.15) is 0 Å². The third-order valence-electron chi connectivity index (χ3n) is 4.35. The van der Waals surface area contributed by atoms with E-state index < -0.39 is 0 Å². The van der Waals surface area contributed by atoms with Gasteiger partial charge in [0, 0.05) is 32.4 Å². The summed E-state index contributed by atoms with van der Waals surface area (Å²) in [7, 11) is 0. The quantitative estimate of drug-likeness (QED) is 0.258. The third-order valence-corrected chi connectivity index (χ3v) is 4.35. The van der Waals surface area contributed by atoms with Crippen LogP contribution in [0.15, 0.2) is 0 Å². The fourth-order valence-corrected chi connectivity index (χ4v) is 2.63. The fraction of sp³-hybridized carbons (Fsp3) is 0.864. The first-order valence-corrected chi connectivity index (χ1v) is 11.5. The standard InChI is InChI=1S/C22H43N3O5/c1-4-7-8-9-10-22(28)25-19(17-29-15-11-20(26)23-13-5-2)18-30-16-12-21(27)24-14-6-3/h19H,4-18H2,1-3H3,(H,23,26)(H,24,27)(H,25,28). The second-order valence-electron chi connectivity index (χ2n) is 7.42. The van der Waals surface area contributed by atoms with Crippen LogP contribution in [0, 0.1) is 0 Å². The average molecular weight is 430 g/mol. The Bertz CT molecular complexity index is 432. The van der Waals surface area contributed by atoms with Crippen LogP contribution >= 0.6 is 0 Å². The van der Waals surface area contributed by atoms with E-state index in [0.717, 1.165) is 38.5 Å². The lowest BCUT2D eigenvalue weighted by Gasteiger charge is -2.19. The zero-order valence-corrected chi connectivity index (χ0v) is 19.2. The van der Waals surface area contributed by atoms with Crippen molar-refractivity contribution in [2.45, 2.75) is 84.6 Å². The Morgan fingerprint density at radius 3 is 1.67 bits per heavy atom. The van der Waals surface area contributed by atoms with Crippen LogP contribution in [0.3, 0.4) is 0 Å². The number of ether oxygens (including phenoxy) is 2. The molecule has 8 heteroatoms. The van der Waals surface area contributed by atoms with E-state index in [-0.39, 0.29) is 63.0 Å². The molecule has 0 fully saturated rings. The normalized spacial score (nSPS) is 10.8. The molecule has 8 nitrogen and oxygen atoms in total. The monoisotopic (exact) mass is 429 g/mol. The molecule has 0 atom stereocenters. The van der Waals surface area contributed by atoms with E-state index in [0.29, 0.717) is 19.5 Å². The Kier molecular flexibility index (Phi) is 19.5. The van der Waals surface area contributed by atoms with Gasteiger partial charge in [-0.15, -0.1) is 0 Å². The van der Waals surface area contributed by atoms with Crippen molar-refractivity contribution in [3.63, 3.8) is 0 Å². The molecule has 0 aromatic heterocycles. The van der Waals surface area contributed by atoms with Gasteiger partial charge in [0.1, 0.15) is 0 Å². The molecule has 3 amide bonds. The molecule has 0 aromatic rings. The number of rotatable bonds is 20. The van der Waals surface area contributed by atoms with Crippen LogP contribution in [0.2, 0.25) is 0 Å². The van der Waals surface area contributed by atoms with Crippen molar-refractivity contribution >= 4 is 17.7 Å². The highest BCUT2D eigenvalue weighted by molar-refractivity contribution is 5.76. The molecule has 176 valence electrons. The number of carbonyl (C=O) groups excluding carboxylic acids is 3. The molecule has 0 rings (SSSR count). The zero-order chi connectivity index (χ0) is 22.5. The topological polar surface area (TPSA) is 106 Å². The van der Waals surface area contributed by atoms with E-state index in [1.165, 1.54) is 0 Å². The summed E-state index contributed by atoms with van der Waals surface area (Å²) in [6.07, 6.45) is 7.01. The van der Waals surface area contributed by atoms with E-state index in [4.69, 9.17) is 9.47 Å². The minimum absolute atomic E-state index is 0.0234. The largest absolute Gasteiger partial charge is 0.379 e. The fourth-order valence-electron chi connectivity index (χ4n) is 2.63. The van der Waals surface area contributed by atoms with Crippen LogP contribution < -0.4 is 16.0 Å². The summed E-state index contributed by atoms with van der Waals surface area (Å²) < 4.78 is 11.2. The predicted molar refractivity (Wildman–Crippen MR) is 118 cm³/mol. The van der Waals surface area contributed by atoms with E-state index >= 15 is 0 Å². The molecule has 0 aliphatic carbocycles. The first-order valence-electron chi connectivity index (χ1n) is 11.5. The molecule has 0 aromatic carbocycles. The van der Waals surface area contributed by atoms with Crippen molar-refractivity contribution in [1.29, 1.82) is 0 Å². The van der Waals surface area contributed by atoms with E-state index in [1.54, 1.807) is 0 Å². The predicted octanol–water partition coefficient (Wildman–Crippen LogP) is 2.31. The van der Waals surface area contributed by atoms with Gasteiger partial charge in [-0.25, -0.2) is 0 Å². The molecule has 0 radical (unpaired) electrons. The molecule has 0 unspecified atom stereocenters. The van der Waals surface area contributed by atoms with Crippen molar-refractivity contribution in [1.82, 2.24) is 16.0 Å². The smallest absolute Gasteiger partial charge is 0.222 e. The van der Waals surface area contributed by atoms with Crippen molar-refractivity contribution in [3.8, 4) is 0 Å². The maximum absolute atomic E-state index is 12.2. The summed E-state index contributed by atoms with van der Waals surface area (Å²) in [4.78, 5) is 35.4. The van der Waals surface area contributed by atoms with Gasteiger partial charge < -0.3 is 25.4 Å². The van der Waals surface area contributed by atoms with E-state index in [9.17, 15) is 14.4 Å². The van der Waals surface area contributed by atoms with Crippen molar-refractivity contribution < 1.29 is 23.9 Å². The summed E-state index contributed by atoms with van der Waals surface area (Å²) >= 11 is 0. The number of amides is 3. The molecule has 0 heterocycles. The molecular formula is C22H43N3O5. The van der Waals surface area contributed by atoms with Gasteiger partial charge in [-0.05, 0) is 19.3 Å². The second kappa shape index (κ2) is 20.6. The van der Waals surface area contributed by atoms with Crippen LogP contribution in [-0.2, 0) is 23.9 Å². The maximum Gasteiger partial charge on any atom is 0.222 e. The zero-order valence-electron chi connectivity index (χ0n) is 19.2. The molecule has 3 N–H and O–H groups in total. The number of nitrogens with one attached hydrogen (secondary N) is 3. The van der Waals surface area contributed by atoms with Crippen LogP contribution in [0.25, 0.3) is 0 Å². The molecule has 0 bridgehead atoms. The number of carbonyl (C=O) groups is 3. The van der Waals surface area contributed by atoms with Crippen LogP contribution in [0.1, 0.15) is 78.6 Å². The maximum atomic E-state index is 12.2. The Balaban J connectivity index is 4.24. The summed E-state index contributed by atoms with van der Waals surface area (Å²) in [6.45, 7) is 8.57. The number of unbranched alkanes of at least 4 members (excludes halogenated alkanes) is 3. The SMILES string of the molecule is CCCCCCC(=O)NC(COCCC(=O)NCCC)COCCC(=O)NCCC. The molecule has 0 spiro atoms. The first kappa shape index (κ1) is 28.3. The van der Waals surface area contributed by atoms with Crippen LogP contribution in [-0.4, -0.2) is 63.3 Å².